The summed E-state index contributed by atoms with van der Waals surface area (Å²) in [6, 6.07) is 23.0. The van der Waals surface area contributed by atoms with Crippen LogP contribution in [-0.2, 0) is 15.6 Å². The molecule has 4 rings (SSSR count). The summed E-state index contributed by atoms with van der Waals surface area (Å²) in [5.41, 5.74) is 3.08. The van der Waals surface area contributed by atoms with E-state index in [2.05, 4.69) is 0 Å². The zero-order valence-electron chi connectivity index (χ0n) is 25.1. The van der Waals surface area contributed by atoms with Crippen LogP contribution in [0.15, 0.2) is 78.9 Å². The minimum Gasteiger partial charge on any atom is -0.497 e. The highest BCUT2D eigenvalue weighted by molar-refractivity contribution is 7.91. The van der Waals surface area contributed by atoms with Gasteiger partial charge in [0.25, 0.3) is 0 Å². The van der Waals surface area contributed by atoms with Gasteiger partial charge in [-0.25, -0.2) is 8.42 Å². The number of rotatable bonds is 13. The molecule has 0 amide bonds. The Morgan fingerprint density at radius 1 is 0.581 bits per heavy atom. The highest BCUT2D eigenvalue weighted by Crippen LogP contribution is 2.43. The normalized spacial score (nSPS) is 12.0. The first-order valence-corrected chi connectivity index (χ1v) is 15.1. The van der Waals surface area contributed by atoms with Gasteiger partial charge in [0.2, 0.25) is 0 Å². The molecular formula is C34H36O8S. The molecule has 0 saturated carbocycles. The molecule has 0 saturated heterocycles. The van der Waals surface area contributed by atoms with Crippen LogP contribution in [0.5, 0.6) is 34.5 Å². The van der Waals surface area contributed by atoms with Crippen LogP contribution in [-0.4, -0.2) is 51.1 Å². The molecule has 0 aromatic heterocycles. The van der Waals surface area contributed by atoms with Gasteiger partial charge in [-0.15, -0.1) is 0 Å². The fourth-order valence-electron chi connectivity index (χ4n) is 4.81. The average molecular weight is 605 g/mol. The minimum atomic E-state index is -3.88. The molecule has 226 valence electrons. The van der Waals surface area contributed by atoms with Crippen molar-refractivity contribution in [1.29, 1.82) is 0 Å². The van der Waals surface area contributed by atoms with Crippen molar-refractivity contribution in [3.05, 3.63) is 107 Å². The van der Waals surface area contributed by atoms with Crippen molar-refractivity contribution in [2.45, 2.75) is 11.0 Å². The molecule has 1 atom stereocenters. The van der Waals surface area contributed by atoms with Crippen molar-refractivity contribution in [3.63, 3.8) is 0 Å². The van der Waals surface area contributed by atoms with Gasteiger partial charge in [-0.2, -0.15) is 0 Å². The minimum absolute atomic E-state index is 0.209. The van der Waals surface area contributed by atoms with Crippen LogP contribution in [0.25, 0.3) is 12.2 Å². The summed E-state index contributed by atoms with van der Waals surface area (Å²) in [4.78, 5) is 0. The van der Waals surface area contributed by atoms with E-state index in [1.54, 1.807) is 102 Å². The Morgan fingerprint density at radius 3 is 1.60 bits per heavy atom. The maximum Gasteiger partial charge on any atom is 0.165 e. The number of benzene rings is 4. The van der Waals surface area contributed by atoms with Gasteiger partial charge in [-0.3, -0.25) is 0 Å². The molecule has 0 spiro atoms. The lowest BCUT2D eigenvalue weighted by Crippen LogP contribution is -2.19. The molecule has 9 heteroatoms. The Morgan fingerprint density at radius 2 is 1.09 bits per heavy atom. The maximum atomic E-state index is 14.4. The van der Waals surface area contributed by atoms with Crippen LogP contribution in [0.3, 0.4) is 0 Å². The molecular weight excluding hydrogens is 568 g/mol. The van der Waals surface area contributed by atoms with E-state index in [-0.39, 0.29) is 5.75 Å². The van der Waals surface area contributed by atoms with Crippen molar-refractivity contribution in [1.82, 2.24) is 0 Å². The van der Waals surface area contributed by atoms with Gasteiger partial charge in [-0.1, -0.05) is 36.4 Å². The first-order valence-electron chi connectivity index (χ1n) is 13.4. The lowest BCUT2D eigenvalue weighted by atomic mass is 9.96. The second kappa shape index (κ2) is 14.0. The molecule has 0 fully saturated rings. The summed E-state index contributed by atoms with van der Waals surface area (Å²) in [7, 11) is 5.49. The second-order valence-electron chi connectivity index (χ2n) is 9.62. The number of sulfone groups is 1. The van der Waals surface area contributed by atoms with Gasteiger partial charge >= 0.3 is 0 Å². The van der Waals surface area contributed by atoms with E-state index >= 15 is 0 Å². The number of methoxy groups -OCH3 is 6. The van der Waals surface area contributed by atoms with Gasteiger partial charge in [0, 0.05) is 17.7 Å². The zero-order valence-corrected chi connectivity index (χ0v) is 25.9. The smallest absolute Gasteiger partial charge is 0.165 e. The van der Waals surface area contributed by atoms with Gasteiger partial charge in [0.15, 0.2) is 9.84 Å². The first kappa shape index (κ1) is 31.3. The molecule has 0 radical (unpaired) electrons. The highest BCUT2D eigenvalue weighted by Gasteiger charge is 2.34. The summed E-state index contributed by atoms with van der Waals surface area (Å²) in [6.07, 6.45) is 3.71. The van der Waals surface area contributed by atoms with Crippen LogP contribution in [0.4, 0.5) is 0 Å². The van der Waals surface area contributed by atoms with Crippen molar-refractivity contribution >= 4 is 22.0 Å². The van der Waals surface area contributed by atoms with Gasteiger partial charge in [0.05, 0.1) is 48.4 Å². The van der Waals surface area contributed by atoms with Crippen LogP contribution in [0.2, 0.25) is 0 Å². The second-order valence-corrected chi connectivity index (χ2v) is 11.7. The van der Waals surface area contributed by atoms with E-state index in [0.29, 0.717) is 56.8 Å². The van der Waals surface area contributed by atoms with Crippen molar-refractivity contribution in [2.24, 2.45) is 0 Å². The lowest BCUT2D eigenvalue weighted by molar-refractivity contribution is 0.391. The SMILES string of the molecule is COc1ccc(CS(=O)(=O)C(c2ccc(OC)cc2)c2c(C=Cc3cc(OC)cc(OC)c3)cc(OC)cc2OC)cc1. The van der Waals surface area contributed by atoms with Crippen molar-refractivity contribution in [3.8, 4) is 34.5 Å². The summed E-state index contributed by atoms with van der Waals surface area (Å²) < 4.78 is 61.7. The third kappa shape index (κ3) is 7.42. The molecule has 0 bridgehead atoms. The molecule has 43 heavy (non-hydrogen) atoms. The number of hydrogen-bond acceptors (Lipinski definition) is 8. The van der Waals surface area contributed by atoms with E-state index in [1.807, 2.05) is 24.3 Å². The van der Waals surface area contributed by atoms with Gasteiger partial charge < -0.3 is 28.4 Å². The van der Waals surface area contributed by atoms with E-state index in [1.165, 1.54) is 7.11 Å². The van der Waals surface area contributed by atoms with Crippen LogP contribution >= 0.6 is 0 Å². The summed E-state index contributed by atoms with van der Waals surface area (Å²) in [5, 5.41) is -1.08. The molecule has 0 heterocycles. The van der Waals surface area contributed by atoms with Gasteiger partial charge in [-0.05, 0) is 64.7 Å². The summed E-state index contributed by atoms with van der Waals surface area (Å²) >= 11 is 0. The third-order valence-corrected chi connectivity index (χ3v) is 8.96. The Kier molecular flexibility index (Phi) is 10.2. The van der Waals surface area contributed by atoms with E-state index in [9.17, 15) is 8.42 Å². The van der Waals surface area contributed by atoms with Gasteiger partial charge in [0.1, 0.15) is 39.7 Å². The average Bonchev–Trinajstić information content (AvgIpc) is 3.04. The fraction of sp³-hybridized carbons (Fsp3) is 0.235. The molecule has 0 aliphatic heterocycles. The Bertz CT molecular complexity index is 1640. The fourth-order valence-corrected chi connectivity index (χ4v) is 6.82. The van der Waals surface area contributed by atoms with Crippen molar-refractivity contribution in [2.75, 3.05) is 42.7 Å². The molecule has 4 aromatic rings. The maximum absolute atomic E-state index is 14.4. The van der Waals surface area contributed by atoms with E-state index in [0.717, 1.165) is 5.56 Å². The standard InChI is InChI=1S/C34H36O8S/c1-37-27-13-8-23(9-14-27)22-43(35,36)34(25-11-15-28(38-2)16-12-25)33-26(19-31(41-5)21-32(33)42-6)10-7-24-17-29(39-3)20-30(18-24)40-4/h7-21,34H,22H2,1-6H3. The van der Waals surface area contributed by atoms with E-state index < -0.39 is 15.1 Å². The molecule has 0 N–H and O–H groups in total. The predicted molar refractivity (Wildman–Crippen MR) is 168 cm³/mol. The van der Waals surface area contributed by atoms with E-state index in [4.69, 9.17) is 28.4 Å². The Balaban J connectivity index is 1.93. The molecule has 4 aromatic carbocycles. The molecule has 8 nitrogen and oxygen atoms in total. The molecule has 0 aliphatic rings. The molecule has 0 aliphatic carbocycles. The highest BCUT2D eigenvalue weighted by atomic mass is 32.2. The number of ether oxygens (including phenoxy) is 6. The van der Waals surface area contributed by atoms with Crippen LogP contribution in [0, 0.1) is 0 Å². The predicted octanol–water partition coefficient (Wildman–Crippen LogP) is 6.61. The zero-order chi connectivity index (χ0) is 31.0. The summed E-state index contributed by atoms with van der Waals surface area (Å²) in [6.45, 7) is 0. The Hall–Kier alpha value is -4.63. The largest absolute Gasteiger partial charge is 0.497 e. The van der Waals surface area contributed by atoms with Crippen LogP contribution < -0.4 is 28.4 Å². The quantitative estimate of drug-likeness (QED) is 0.158. The van der Waals surface area contributed by atoms with Crippen molar-refractivity contribution < 1.29 is 36.8 Å². The monoisotopic (exact) mass is 604 g/mol. The first-order chi connectivity index (χ1) is 20.7. The number of hydrogen-bond donors (Lipinski definition) is 0. The lowest BCUT2D eigenvalue weighted by Gasteiger charge is -2.24. The summed E-state index contributed by atoms with van der Waals surface area (Å²) in [5.74, 6) is 3.20. The molecule has 1 unspecified atom stereocenters. The Labute approximate surface area is 253 Å². The van der Waals surface area contributed by atoms with Crippen LogP contribution in [0.1, 0.15) is 33.1 Å². The third-order valence-electron chi connectivity index (χ3n) is 7.00. The topological polar surface area (TPSA) is 89.5 Å².